The Hall–Kier alpha value is -0.420. The number of pyridine rings is 1. The quantitative estimate of drug-likeness (QED) is 0.786. The van der Waals surface area contributed by atoms with Gasteiger partial charge in [-0.2, -0.15) is 0 Å². The maximum atomic E-state index is 12.3. The van der Waals surface area contributed by atoms with Crippen LogP contribution in [0.3, 0.4) is 0 Å². The first-order valence-electron chi connectivity index (χ1n) is 2.91. The van der Waals surface area contributed by atoms with Crippen LogP contribution in [0.25, 0.3) is 0 Å². The Bertz CT molecular complexity index is 306. The summed E-state index contributed by atoms with van der Waals surface area (Å²) < 4.78 is 24.5. The number of hydrogen-bond acceptors (Lipinski definition) is 2. The van der Waals surface area contributed by atoms with Gasteiger partial charge in [-0.05, 0) is 15.9 Å². The lowest BCUT2D eigenvalue weighted by molar-refractivity contribution is 0.150. The van der Waals surface area contributed by atoms with Crippen LogP contribution in [0.2, 0.25) is 5.02 Å². The van der Waals surface area contributed by atoms with E-state index in [1.807, 2.05) is 0 Å². The van der Waals surface area contributed by atoms with Crippen molar-refractivity contribution in [1.82, 2.24) is 4.98 Å². The van der Waals surface area contributed by atoms with Crippen molar-refractivity contribution in [2.24, 2.45) is 0 Å². The van der Waals surface area contributed by atoms with E-state index in [-0.39, 0.29) is 20.9 Å². The standard InChI is InChI=1S/C6H4BrClF2N2/c7-5-3(6(9)10)4(8)2(11)1-12-5/h1,6H,11H2. The first-order valence-corrected chi connectivity index (χ1v) is 4.08. The molecule has 0 amide bonds. The van der Waals surface area contributed by atoms with Crippen LogP contribution in [0, 0.1) is 0 Å². The van der Waals surface area contributed by atoms with E-state index in [1.54, 1.807) is 0 Å². The molecule has 1 aromatic heterocycles. The van der Waals surface area contributed by atoms with Gasteiger partial charge in [0.1, 0.15) is 4.60 Å². The largest absolute Gasteiger partial charge is 0.396 e. The Kier molecular flexibility index (Phi) is 2.85. The van der Waals surface area contributed by atoms with Gasteiger partial charge < -0.3 is 5.73 Å². The smallest absolute Gasteiger partial charge is 0.267 e. The van der Waals surface area contributed by atoms with Gasteiger partial charge in [-0.25, -0.2) is 13.8 Å². The van der Waals surface area contributed by atoms with Crippen LogP contribution < -0.4 is 5.73 Å². The summed E-state index contributed by atoms with van der Waals surface area (Å²) >= 11 is 8.37. The molecule has 0 aliphatic heterocycles. The highest BCUT2D eigenvalue weighted by atomic mass is 79.9. The molecule has 1 aromatic rings. The fourth-order valence-electron chi connectivity index (χ4n) is 0.684. The number of nitrogens with two attached hydrogens (primary N) is 1. The lowest BCUT2D eigenvalue weighted by atomic mass is 10.3. The number of aromatic nitrogens is 1. The molecule has 1 heterocycles. The monoisotopic (exact) mass is 256 g/mol. The lowest BCUT2D eigenvalue weighted by Crippen LogP contribution is -1.96. The van der Waals surface area contributed by atoms with Crippen LogP contribution in [-0.2, 0) is 0 Å². The van der Waals surface area contributed by atoms with Gasteiger partial charge in [-0.1, -0.05) is 11.6 Å². The number of nitrogens with zero attached hydrogens (tertiary/aromatic N) is 1. The van der Waals surface area contributed by atoms with E-state index in [4.69, 9.17) is 17.3 Å². The van der Waals surface area contributed by atoms with Gasteiger partial charge in [0, 0.05) is 0 Å². The van der Waals surface area contributed by atoms with E-state index in [0.29, 0.717) is 0 Å². The lowest BCUT2D eigenvalue weighted by Gasteiger charge is -2.06. The van der Waals surface area contributed by atoms with Crippen LogP contribution in [0.4, 0.5) is 14.5 Å². The SMILES string of the molecule is Nc1cnc(Br)c(C(F)F)c1Cl. The van der Waals surface area contributed by atoms with Crippen molar-refractivity contribution >= 4 is 33.2 Å². The van der Waals surface area contributed by atoms with Gasteiger partial charge >= 0.3 is 0 Å². The summed E-state index contributed by atoms with van der Waals surface area (Å²) in [6.45, 7) is 0. The molecule has 12 heavy (non-hydrogen) atoms. The van der Waals surface area contributed by atoms with Crippen molar-refractivity contribution in [3.63, 3.8) is 0 Å². The maximum absolute atomic E-state index is 12.3. The first-order chi connectivity index (χ1) is 5.54. The summed E-state index contributed by atoms with van der Waals surface area (Å²) in [6, 6.07) is 0. The highest BCUT2D eigenvalue weighted by Crippen LogP contribution is 2.35. The Morgan fingerprint density at radius 3 is 2.58 bits per heavy atom. The molecule has 0 saturated carbocycles. The molecule has 0 aliphatic carbocycles. The summed E-state index contributed by atoms with van der Waals surface area (Å²) in [6.07, 6.45) is -1.46. The molecule has 0 unspecified atom stereocenters. The Labute approximate surface area is 80.9 Å². The van der Waals surface area contributed by atoms with Gasteiger partial charge in [0.25, 0.3) is 6.43 Å². The molecule has 0 radical (unpaired) electrons. The highest BCUT2D eigenvalue weighted by molar-refractivity contribution is 9.10. The number of hydrogen-bond donors (Lipinski definition) is 1. The van der Waals surface area contributed by atoms with E-state index in [2.05, 4.69) is 20.9 Å². The van der Waals surface area contributed by atoms with Crippen LogP contribution in [0.1, 0.15) is 12.0 Å². The predicted octanol–water partition coefficient (Wildman–Crippen LogP) is 3.02. The van der Waals surface area contributed by atoms with Crippen molar-refractivity contribution in [3.8, 4) is 0 Å². The van der Waals surface area contributed by atoms with Crippen LogP contribution in [0.15, 0.2) is 10.8 Å². The summed E-state index contributed by atoms with van der Waals surface area (Å²) in [5, 5.41) is -0.146. The molecule has 0 spiro atoms. The first kappa shape index (κ1) is 9.67. The predicted molar refractivity (Wildman–Crippen MR) is 46.3 cm³/mol. The molecule has 66 valence electrons. The summed E-state index contributed by atoms with van der Waals surface area (Å²) in [7, 11) is 0. The Morgan fingerprint density at radius 2 is 2.17 bits per heavy atom. The number of halogens is 4. The summed E-state index contributed by atoms with van der Waals surface area (Å²) in [5.74, 6) is 0. The fourth-order valence-corrected chi connectivity index (χ4v) is 1.49. The van der Waals surface area contributed by atoms with Crippen molar-refractivity contribution in [1.29, 1.82) is 0 Å². The maximum Gasteiger partial charge on any atom is 0.267 e. The molecular formula is C6H4BrClF2N2. The number of rotatable bonds is 1. The van der Waals surface area contributed by atoms with E-state index in [0.717, 1.165) is 0 Å². The molecule has 0 saturated heterocycles. The second-order valence-electron chi connectivity index (χ2n) is 2.03. The van der Waals surface area contributed by atoms with E-state index < -0.39 is 6.43 Å². The molecule has 6 heteroatoms. The fraction of sp³-hybridized carbons (Fsp3) is 0.167. The Balaban J connectivity index is 3.33. The minimum atomic E-state index is -2.68. The van der Waals surface area contributed by atoms with Gasteiger partial charge in [0.2, 0.25) is 0 Å². The number of nitrogen functional groups attached to an aromatic ring is 1. The number of anilines is 1. The topological polar surface area (TPSA) is 38.9 Å². The molecule has 2 nitrogen and oxygen atoms in total. The minimum absolute atomic E-state index is 0.0247. The average Bonchev–Trinajstić information content (AvgIpc) is 1.97. The van der Waals surface area contributed by atoms with E-state index in [9.17, 15) is 8.78 Å². The molecule has 0 atom stereocenters. The third-order valence-electron chi connectivity index (χ3n) is 1.25. The summed E-state index contributed by atoms with van der Waals surface area (Å²) in [5.41, 5.74) is 4.97. The molecule has 2 N–H and O–H groups in total. The second-order valence-corrected chi connectivity index (χ2v) is 3.16. The molecule has 0 aromatic carbocycles. The Morgan fingerprint density at radius 1 is 1.58 bits per heavy atom. The van der Waals surface area contributed by atoms with Gasteiger partial charge in [0.15, 0.2) is 0 Å². The molecule has 0 bridgehead atoms. The molecule has 1 rings (SSSR count). The van der Waals surface area contributed by atoms with E-state index in [1.165, 1.54) is 6.20 Å². The molecule has 0 aliphatic rings. The average molecular weight is 257 g/mol. The van der Waals surface area contributed by atoms with Gasteiger partial charge in [-0.15, -0.1) is 0 Å². The van der Waals surface area contributed by atoms with Crippen LogP contribution in [-0.4, -0.2) is 4.98 Å². The minimum Gasteiger partial charge on any atom is -0.396 e. The summed E-state index contributed by atoms with van der Waals surface area (Å²) in [4.78, 5) is 3.59. The van der Waals surface area contributed by atoms with Crippen LogP contribution >= 0.6 is 27.5 Å². The third-order valence-corrected chi connectivity index (χ3v) is 2.30. The van der Waals surface area contributed by atoms with Crippen molar-refractivity contribution < 1.29 is 8.78 Å². The number of alkyl halides is 2. The highest BCUT2D eigenvalue weighted by Gasteiger charge is 2.18. The van der Waals surface area contributed by atoms with E-state index >= 15 is 0 Å². The van der Waals surface area contributed by atoms with Crippen molar-refractivity contribution in [3.05, 3.63) is 21.4 Å². The zero-order chi connectivity index (χ0) is 9.30. The normalized spacial score (nSPS) is 10.8. The second kappa shape index (κ2) is 3.53. The molecular weight excluding hydrogens is 253 g/mol. The third kappa shape index (κ3) is 1.67. The van der Waals surface area contributed by atoms with Gasteiger partial charge in [-0.3, -0.25) is 0 Å². The zero-order valence-electron chi connectivity index (χ0n) is 5.69. The van der Waals surface area contributed by atoms with Crippen molar-refractivity contribution in [2.45, 2.75) is 6.43 Å². The van der Waals surface area contributed by atoms with Gasteiger partial charge in [0.05, 0.1) is 22.5 Å². The molecule has 0 fully saturated rings. The van der Waals surface area contributed by atoms with Crippen molar-refractivity contribution in [2.75, 3.05) is 5.73 Å². The van der Waals surface area contributed by atoms with Crippen LogP contribution in [0.5, 0.6) is 0 Å². The zero-order valence-corrected chi connectivity index (χ0v) is 8.03.